The predicted octanol–water partition coefficient (Wildman–Crippen LogP) is 21.5. The molecule has 0 spiro atoms. The highest BCUT2D eigenvalue weighted by atomic mass is 16.5. The Hall–Kier alpha value is -1.92. The van der Waals surface area contributed by atoms with Crippen LogP contribution in [0, 0.1) is 0 Å². The smallest absolute Gasteiger partial charge is 0.305 e. The van der Waals surface area contributed by atoms with E-state index in [-0.39, 0.29) is 18.5 Å². The van der Waals surface area contributed by atoms with Crippen molar-refractivity contribution in [2.45, 2.75) is 379 Å². The van der Waals surface area contributed by atoms with Gasteiger partial charge in [-0.2, -0.15) is 0 Å². The second-order valence-electron chi connectivity index (χ2n) is 23.1. The third-order valence-electron chi connectivity index (χ3n) is 15.7. The number of carbonyl (C=O) groups is 2. The van der Waals surface area contributed by atoms with Crippen molar-refractivity contribution < 1.29 is 24.5 Å². The normalized spacial score (nSPS) is 12.7. The molecule has 0 aromatic heterocycles. The molecule has 2 atom stereocenters. The number of unbranched alkanes of at least 4 members (excludes halogenated alkanes) is 46. The molecule has 0 saturated heterocycles. The van der Waals surface area contributed by atoms with Crippen molar-refractivity contribution in [2.75, 3.05) is 13.2 Å². The van der Waals surface area contributed by atoms with Crippen molar-refractivity contribution in [1.82, 2.24) is 5.32 Å². The molecule has 6 heteroatoms. The highest BCUT2D eigenvalue weighted by Crippen LogP contribution is 2.18. The van der Waals surface area contributed by atoms with Gasteiger partial charge in [0, 0.05) is 12.8 Å². The number of esters is 1. The fraction of sp³-hybridized carbons (Fsp3) is 0.884. The number of ether oxygens (including phenoxy) is 1. The molecule has 0 aliphatic heterocycles. The molecular formula is C69H131NO5. The molecule has 0 aliphatic carbocycles. The second-order valence-corrected chi connectivity index (χ2v) is 23.1. The molecule has 0 aliphatic rings. The number of allylic oxidation sites excluding steroid dienone is 5. The summed E-state index contributed by atoms with van der Waals surface area (Å²) in [5, 5.41) is 23.4. The topological polar surface area (TPSA) is 95.9 Å². The maximum atomic E-state index is 12.5. The summed E-state index contributed by atoms with van der Waals surface area (Å²) in [4.78, 5) is 24.6. The SMILES string of the molecule is CCCCCCCC/C=C\CCCCCCCCCCCC(=O)OCC/C=C\C/C=C\CCCCCCCCCCCCCCCCC(=O)NC(CO)C(O)CCCCCCCCCCCCCCCCCCCC. The second kappa shape index (κ2) is 64.6. The largest absolute Gasteiger partial charge is 0.465 e. The summed E-state index contributed by atoms with van der Waals surface area (Å²) >= 11 is 0. The summed E-state index contributed by atoms with van der Waals surface area (Å²) in [6.45, 7) is 4.87. The molecule has 0 aromatic carbocycles. The molecule has 0 aromatic rings. The summed E-state index contributed by atoms with van der Waals surface area (Å²) in [7, 11) is 0. The standard InChI is InChI=1S/C69H131NO5/c1-3-5-7-9-11-13-15-17-19-21-26-31-35-39-43-47-51-55-59-63-69(74)75-64-60-56-52-48-44-40-36-32-28-25-23-24-27-30-34-38-42-46-50-54-58-62-68(73)70-66(65-71)67(72)61-57-53-49-45-41-37-33-29-22-20-18-16-14-12-10-8-6-4-2/h17,19,40,44,52,56,66-67,71-72H,3-16,18,20-39,41-43,45-51,53-55,57-65H2,1-2H3,(H,70,73)/b19-17-,44-40-,56-52-. The van der Waals surface area contributed by atoms with Crippen molar-refractivity contribution in [3.05, 3.63) is 36.5 Å². The Labute approximate surface area is 468 Å². The van der Waals surface area contributed by atoms with Gasteiger partial charge in [-0.1, -0.05) is 320 Å². The van der Waals surface area contributed by atoms with Crippen LogP contribution in [-0.4, -0.2) is 47.4 Å². The number of carbonyl (C=O) groups excluding carboxylic acids is 2. The zero-order valence-electron chi connectivity index (χ0n) is 50.5. The molecule has 2 unspecified atom stereocenters. The Morgan fingerprint density at radius 1 is 0.373 bits per heavy atom. The van der Waals surface area contributed by atoms with Crippen LogP contribution in [0.4, 0.5) is 0 Å². The van der Waals surface area contributed by atoms with Crippen LogP contribution in [0.25, 0.3) is 0 Å². The third kappa shape index (κ3) is 61.2. The highest BCUT2D eigenvalue weighted by Gasteiger charge is 2.20. The molecule has 442 valence electrons. The molecule has 0 rings (SSSR count). The Bertz CT molecular complexity index is 1210. The third-order valence-corrected chi connectivity index (χ3v) is 15.7. The van der Waals surface area contributed by atoms with Gasteiger partial charge in [0.25, 0.3) is 0 Å². The van der Waals surface area contributed by atoms with Crippen molar-refractivity contribution in [3.63, 3.8) is 0 Å². The first-order valence-corrected chi connectivity index (χ1v) is 33.7. The van der Waals surface area contributed by atoms with Gasteiger partial charge >= 0.3 is 5.97 Å². The van der Waals surface area contributed by atoms with Crippen LogP contribution in [0.3, 0.4) is 0 Å². The zero-order valence-corrected chi connectivity index (χ0v) is 50.5. The number of hydrogen-bond donors (Lipinski definition) is 3. The Balaban J connectivity index is 3.44. The highest BCUT2D eigenvalue weighted by molar-refractivity contribution is 5.76. The summed E-state index contributed by atoms with van der Waals surface area (Å²) in [6, 6.07) is -0.546. The van der Waals surface area contributed by atoms with Crippen LogP contribution in [0.2, 0.25) is 0 Å². The Morgan fingerprint density at radius 2 is 0.667 bits per heavy atom. The van der Waals surface area contributed by atoms with E-state index in [9.17, 15) is 19.8 Å². The maximum Gasteiger partial charge on any atom is 0.305 e. The van der Waals surface area contributed by atoms with Gasteiger partial charge in [-0.05, 0) is 70.6 Å². The number of aliphatic hydroxyl groups is 2. The lowest BCUT2D eigenvalue weighted by molar-refractivity contribution is -0.143. The van der Waals surface area contributed by atoms with Gasteiger partial charge in [0.05, 0.1) is 25.4 Å². The van der Waals surface area contributed by atoms with E-state index in [1.165, 1.54) is 283 Å². The van der Waals surface area contributed by atoms with Crippen molar-refractivity contribution in [3.8, 4) is 0 Å². The van der Waals surface area contributed by atoms with E-state index in [4.69, 9.17) is 4.74 Å². The Morgan fingerprint density at radius 3 is 1.03 bits per heavy atom. The monoisotopic (exact) mass is 1050 g/mol. The van der Waals surface area contributed by atoms with Gasteiger partial charge in [0.1, 0.15) is 0 Å². The van der Waals surface area contributed by atoms with Crippen molar-refractivity contribution in [1.29, 1.82) is 0 Å². The fourth-order valence-corrected chi connectivity index (χ4v) is 10.5. The summed E-state index contributed by atoms with van der Waals surface area (Å²) in [5.41, 5.74) is 0. The van der Waals surface area contributed by atoms with Gasteiger partial charge in [-0.3, -0.25) is 9.59 Å². The molecule has 6 nitrogen and oxygen atoms in total. The van der Waals surface area contributed by atoms with Gasteiger partial charge in [-0.25, -0.2) is 0 Å². The molecule has 1 amide bonds. The van der Waals surface area contributed by atoms with Crippen molar-refractivity contribution in [2.24, 2.45) is 0 Å². The van der Waals surface area contributed by atoms with Crippen LogP contribution in [0.1, 0.15) is 367 Å². The lowest BCUT2D eigenvalue weighted by Crippen LogP contribution is -2.45. The molecule has 0 fully saturated rings. The molecule has 0 bridgehead atoms. The van der Waals surface area contributed by atoms with E-state index in [2.05, 4.69) is 55.6 Å². The number of aliphatic hydroxyl groups excluding tert-OH is 2. The molecular weight excluding hydrogens is 923 g/mol. The minimum absolute atomic E-state index is 0.0350. The van der Waals surface area contributed by atoms with E-state index in [1.807, 2.05) is 0 Å². The van der Waals surface area contributed by atoms with Crippen LogP contribution in [-0.2, 0) is 14.3 Å². The lowest BCUT2D eigenvalue weighted by atomic mass is 10.0. The molecule has 75 heavy (non-hydrogen) atoms. The van der Waals surface area contributed by atoms with Crippen LogP contribution >= 0.6 is 0 Å². The molecule has 0 heterocycles. The minimum atomic E-state index is -0.669. The average molecular weight is 1050 g/mol. The van der Waals surface area contributed by atoms with E-state index in [0.29, 0.717) is 25.9 Å². The summed E-state index contributed by atoms with van der Waals surface area (Å²) in [5.74, 6) is -0.0720. The van der Waals surface area contributed by atoms with Crippen molar-refractivity contribution >= 4 is 11.9 Å². The first kappa shape index (κ1) is 73.1. The zero-order chi connectivity index (χ0) is 54.3. The molecule has 0 radical (unpaired) electrons. The summed E-state index contributed by atoms with van der Waals surface area (Å²) < 4.78 is 5.44. The number of amides is 1. The Kier molecular flexibility index (Phi) is 63.0. The van der Waals surface area contributed by atoms with E-state index >= 15 is 0 Å². The van der Waals surface area contributed by atoms with Crippen LogP contribution in [0.15, 0.2) is 36.5 Å². The fourth-order valence-electron chi connectivity index (χ4n) is 10.5. The van der Waals surface area contributed by atoms with E-state index in [0.717, 1.165) is 51.4 Å². The predicted molar refractivity (Wildman–Crippen MR) is 329 cm³/mol. The van der Waals surface area contributed by atoms with Crippen LogP contribution in [0.5, 0.6) is 0 Å². The molecule has 0 saturated carbocycles. The minimum Gasteiger partial charge on any atom is -0.465 e. The summed E-state index contributed by atoms with van der Waals surface area (Å²) in [6.07, 6.45) is 81.9. The van der Waals surface area contributed by atoms with Gasteiger partial charge in [0.2, 0.25) is 5.91 Å². The quantitative estimate of drug-likeness (QED) is 0.0320. The maximum absolute atomic E-state index is 12.5. The average Bonchev–Trinajstić information content (AvgIpc) is 3.41. The van der Waals surface area contributed by atoms with Crippen LogP contribution < -0.4 is 5.32 Å². The van der Waals surface area contributed by atoms with Gasteiger partial charge in [0.15, 0.2) is 0 Å². The first-order chi connectivity index (χ1) is 37.0. The number of rotatable bonds is 63. The lowest BCUT2D eigenvalue weighted by Gasteiger charge is -2.22. The van der Waals surface area contributed by atoms with Gasteiger partial charge in [-0.15, -0.1) is 0 Å². The number of hydrogen-bond acceptors (Lipinski definition) is 5. The van der Waals surface area contributed by atoms with E-state index < -0.39 is 12.1 Å². The molecule has 3 N–H and O–H groups in total. The van der Waals surface area contributed by atoms with E-state index in [1.54, 1.807) is 0 Å². The van der Waals surface area contributed by atoms with Gasteiger partial charge < -0.3 is 20.3 Å². The number of nitrogens with one attached hydrogen (secondary N) is 1. The first-order valence-electron chi connectivity index (χ1n) is 33.7.